The van der Waals surface area contributed by atoms with Crippen molar-refractivity contribution in [3.05, 3.63) is 23.0 Å². The quantitative estimate of drug-likeness (QED) is 0.571. The molecule has 0 spiro atoms. The lowest BCUT2D eigenvalue weighted by Crippen LogP contribution is -1.97. The number of carbonyl (C=O) groups excluding carboxylic acids is 1. The second-order valence-electron chi connectivity index (χ2n) is 2.12. The summed E-state index contributed by atoms with van der Waals surface area (Å²) in [6.07, 6.45) is 0.426. The zero-order valence-corrected chi connectivity index (χ0v) is 6.80. The van der Waals surface area contributed by atoms with Gasteiger partial charge in [0.05, 0.1) is 5.56 Å². The van der Waals surface area contributed by atoms with E-state index in [1.54, 1.807) is 0 Å². The summed E-state index contributed by atoms with van der Waals surface area (Å²) in [6, 6.07) is 1.09. The molecule has 0 unspecified atom stereocenters. The van der Waals surface area contributed by atoms with Crippen LogP contribution in [0.25, 0.3) is 0 Å². The molecule has 1 rings (SSSR count). The first-order valence-corrected chi connectivity index (χ1v) is 3.55. The lowest BCUT2D eigenvalue weighted by Gasteiger charge is -2.00. The first-order chi connectivity index (χ1) is 6.79. The molecule has 1 heterocycles. The fraction of sp³-hybridized carbons (Fsp3) is 0.250. The topological polar surface area (TPSA) is 50.2 Å². The van der Waals surface area contributed by atoms with Crippen molar-refractivity contribution in [2.45, 2.75) is 13.3 Å². The van der Waals surface area contributed by atoms with E-state index >= 15 is 0 Å². The average Bonchev–Trinajstić information content (AvgIpc) is 1.99. The average molecular weight is 189 g/mol. The van der Waals surface area contributed by atoms with Crippen LogP contribution in [0, 0.1) is 0 Å². The largest absolute Gasteiger partial charge is 0.507 e. The van der Waals surface area contributed by atoms with E-state index in [1.807, 2.05) is 0 Å². The minimum atomic E-state index is -2.36. The first kappa shape index (κ1) is 5.54. The molecule has 1 aromatic heterocycles. The van der Waals surface area contributed by atoms with Crippen LogP contribution >= 0.6 is 11.6 Å². The van der Waals surface area contributed by atoms with E-state index in [0.29, 0.717) is 0 Å². The van der Waals surface area contributed by atoms with E-state index < -0.39 is 19.1 Å². The van der Waals surface area contributed by atoms with Crippen LogP contribution in [0.1, 0.15) is 27.7 Å². The number of aromatic nitrogens is 1. The number of ketones is 1. The van der Waals surface area contributed by atoms with Crippen LogP contribution in [-0.4, -0.2) is 15.9 Å². The molecule has 0 aliphatic heterocycles. The SMILES string of the molecule is [2H]C([2H])([2H])CC(=O)c1cnc(Cl)cc1O. The number of carbonyl (C=O) groups is 1. The monoisotopic (exact) mass is 188 g/mol. The highest BCUT2D eigenvalue weighted by Crippen LogP contribution is 2.20. The third-order valence-corrected chi connectivity index (χ3v) is 1.52. The number of pyridine rings is 1. The van der Waals surface area contributed by atoms with Crippen LogP contribution in [-0.2, 0) is 0 Å². The summed E-state index contributed by atoms with van der Waals surface area (Å²) in [7, 11) is 0. The molecule has 0 aliphatic rings. The Morgan fingerprint density at radius 2 is 2.67 bits per heavy atom. The molecule has 0 aliphatic carbocycles. The van der Waals surface area contributed by atoms with Gasteiger partial charge in [0.15, 0.2) is 5.78 Å². The van der Waals surface area contributed by atoms with E-state index in [1.165, 1.54) is 0 Å². The van der Waals surface area contributed by atoms with E-state index in [4.69, 9.17) is 15.7 Å². The molecular formula is C8H8ClNO2. The van der Waals surface area contributed by atoms with Crippen molar-refractivity contribution in [1.82, 2.24) is 4.98 Å². The van der Waals surface area contributed by atoms with Gasteiger partial charge in [-0.25, -0.2) is 4.98 Å². The predicted octanol–water partition coefficient (Wildman–Crippen LogP) is 2.03. The highest BCUT2D eigenvalue weighted by atomic mass is 35.5. The minimum absolute atomic E-state index is 0.0398. The molecule has 3 nitrogen and oxygen atoms in total. The number of Topliss-reactive ketones (excluding diaryl/α,β-unsaturated/α-hetero) is 1. The molecular weight excluding hydrogens is 178 g/mol. The lowest BCUT2D eigenvalue weighted by molar-refractivity contribution is 0.0985. The fourth-order valence-corrected chi connectivity index (χ4v) is 0.882. The van der Waals surface area contributed by atoms with Crippen molar-refractivity contribution >= 4 is 17.4 Å². The second-order valence-corrected chi connectivity index (χ2v) is 2.51. The van der Waals surface area contributed by atoms with Crippen LogP contribution in [0.5, 0.6) is 5.75 Å². The van der Waals surface area contributed by atoms with Gasteiger partial charge in [-0.1, -0.05) is 18.5 Å². The Balaban J connectivity index is 2.92. The molecule has 0 fully saturated rings. The van der Waals surface area contributed by atoms with Crippen LogP contribution < -0.4 is 0 Å². The van der Waals surface area contributed by atoms with Crippen LogP contribution in [0.4, 0.5) is 0 Å². The normalized spacial score (nSPS) is 14.6. The fourth-order valence-electron chi connectivity index (χ4n) is 0.730. The minimum Gasteiger partial charge on any atom is -0.507 e. The van der Waals surface area contributed by atoms with Crippen LogP contribution in [0.3, 0.4) is 0 Å². The van der Waals surface area contributed by atoms with Gasteiger partial charge in [-0.15, -0.1) is 0 Å². The standard InChI is InChI=1S/C8H8ClNO2/c1-2-6(11)5-4-10-8(9)3-7(5)12/h3-4H,2H2,1H3,(H,10,12)/i1D3. The van der Waals surface area contributed by atoms with Crippen LogP contribution in [0.2, 0.25) is 5.15 Å². The maximum atomic E-state index is 11.4. The number of hydrogen-bond acceptors (Lipinski definition) is 3. The first-order valence-electron chi connectivity index (χ1n) is 4.67. The van der Waals surface area contributed by atoms with Crippen molar-refractivity contribution in [2.75, 3.05) is 0 Å². The molecule has 0 radical (unpaired) electrons. The zero-order valence-electron chi connectivity index (χ0n) is 9.04. The van der Waals surface area contributed by atoms with Crippen molar-refractivity contribution in [3.8, 4) is 5.75 Å². The molecule has 1 N–H and O–H groups in total. The summed E-state index contributed by atoms with van der Waals surface area (Å²) >= 11 is 5.46. The van der Waals surface area contributed by atoms with Gasteiger partial charge in [0.2, 0.25) is 0 Å². The Morgan fingerprint density at radius 3 is 3.25 bits per heavy atom. The van der Waals surface area contributed by atoms with E-state index in [0.717, 1.165) is 12.3 Å². The summed E-state index contributed by atoms with van der Waals surface area (Å²) in [5.74, 6) is -1.04. The van der Waals surface area contributed by atoms with Gasteiger partial charge in [-0.3, -0.25) is 4.79 Å². The molecule has 0 amide bonds. The highest BCUT2D eigenvalue weighted by Gasteiger charge is 2.09. The molecule has 64 valence electrons. The van der Waals surface area contributed by atoms with Crippen molar-refractivity contribution in [1.29, 1.82) is 0 Å². The number of nitrogens with zero attached hydrogens (tertiary/aromatic N) is 1. The molecule has 0 saturated carbocycles. The van der Waals surface area contributed by atoms with E-state index in [-0.39, 0.29) is 16.5 Å². The van der Waals surface area contributed by atoms with E-state index in [2.05, 4.69) is 4.98 Å². The van der Waals surface area contributed by atoms with Gasteiger partial charge >= 0.3 is 0 Å². The lowest BCUT2D eigenvalue weighted by atomic mass is 10.1. The van der Waals surface area contributed by atoms with Gasteiger partial charge in [-0.05, 0) is 0 Å². The number of rotatable bonds is 2. The van der Waals surface area contributed by atoms with Gasteiger partial charge in [0, 0.05) is 22.8 Å². The molecule has 0 saturated heterocycles. The number of hydrogen-bond donors (Lipinski definition) is 1. The predicted molar refractivity (Wildman–Crippen MR) is 45.5 cm³/mol. The maximum Gasteiger partial charge on any atom is 0.167 e. The molecule has 0 bridgehead atoms. The molecule has 12 heavy (non-hydrogen) atoms. The summed E-state index contributed by atoms with van der Waals surface area (Å²) in [4.78, 5) is 15.0. The Morgan fingerprint density at radius 1 is 1.92 bits per heavy atom. The third-order valence-electron chi connectivity index (χ3n) is 1.31. The Bertz CT molecular complexity index is 392. The summed E-state index contributed by atoms with van der Waals surface area (Å²) in [5, 5.41) is 9.37. The van der Waals surface area contributed by atoms with Crippen LogP contribution in [0.15, 0.2) is 12.3 Å². The summed E-state index contributed by atoms with van der Waals surface area (Å²) < 4.78 is 20.7. The Labute approximate surface area is 79.2 Å². The van der Waals surface area contributed by atoms with Gasteiger partial charge in [0.1, 0.15) is 10.9 Å². The van der Waals surface area contributed by atoms with Gasteiger partial charge in [0.25, 0.3) is 0 Å². The molecule has 0 atom stereocenters. The van der Waals surface area contributed by atoms with Gasteiger partial charge in [-0.2, -0.15) is 0 Å². The maximum absolute atomic E-state index is 11.4. The summed E-state index contributed by atoms with van der Waals surface area (Å²) in [6.45, 7) is -2.36. The van der Waals surface area contributed by atoms with Crippen molar-refractivity contribution in [2.24, 2.45) is 0 Å². The van der Waals surface area contributed by atoms with Gasteiger partial charge < -0.3 is 5.11 Å². The summed E-state index contributed by atoms with van der Waals surface area (Å²) in [5.41, 5.74) is -0.129. The molecule has 1 aromatic rings. The van der Waals surface area contributed by atoms with E-state index in [9.17, 15) is 9.90 Å². The smallest absolute Gasteiger partial charge is 0.167 e. The van der Waals surface area contributed by atoms with Crippen molar-refractivity contribution in [3.63, 3.8) is 0 Å². The second kappa shape index (κ2) is 3.54. The van der Waals surface area contributed by atoms with Crippen molar-refractivity contribution < 1.29 is 14.0 Å². The number of aromatic hydroxyl groups is 1. The highest BCUT2D eigenvalue weighted by molar-refractivity contribution is 6.29. The Kier molecular flexibility index (Phi) is 1.63. The molecule has 4 heteroatoms. The Hall–Kier alpha value is -1.09. The zero-order chi connectivity index (χ0) is 11.6. The molecule has 0 aromatic carbocycles. The number of halogens is 1. The third kappa shape index (κ3) is 1.74.